The quantitative estimate of drug-likeness (QED) is 0.267. The molecule has 2 atom stereocenters. The monoisotopic (exact) mass is 350 g/mol. The highest BCUT2D eigenvalue weighted by Gasteiger charge is 2.22. The van der Waals surface area contributed by atoms with Gasteiger partial charge in [-0.15, -0.1) is 0 Å². The van der Waals surface area contributed by atoms with Crippen molar-refractivity contribution >= 4 is 24.8 Å². The molecule has 136 valence electrons. The van der Waals surface area contributed by atoms with E-state index in [0.717, 1.165) is 5.56 Å². The normalized spacial score (nSPS) is 12.6. The van der Waals surface area contributed by atoms with Crippen molar-refractivity contribution in [3.05, 3.63) is 35.9 Å². The van der Waals surface area contributed by atoms with Crippen molar-refractivity contribution in [3.8, 4) is 0 Å². The van der Waals surface area contributed by atoms with Gasteiger partial charge in [0.1, 0.15) is 6.04 Å². The highest BCUT2D eigenvalue weighted by molar-refractivity contribution is 6.41. The summed E-state index contributed by atoms with van der Waals surface area (Å²) < 4.78 is 0. The van der Waals surface area contributed by atoms with E-state index < -0.39 is 36.9 Å². The summed E-state index contributed by atoms with van der Waals surface area (Å²) >= 11 is 0. The maximum atomic E-state index is 12.2. The van der Waals surface area contributed by atoms with Crippen LogP contribution in [0.2, 0.25) is 0 Å². The summed E-state index contributed by atoms with van der Waals surface area (Å²) in [7, 11) is -1.69. The predicted molar refractivity (Wildman–Crippen MR) is 91.9 cm³/mol. The molecule has 1 rings (SSSR count). The van der Waals surface area contributed by atoms with Crippen LogP contribution < -0.4 is 21.7 Å². The zero-order valence-electron chi connectivity index (χ0n) is 13.9. The smallest absolute Gasteiger partial charge is 0.426 e. The summed E-state index contributed by atoms with van der Waals surface area (Å²) in [6.07, 6.45) is -0.150. The molecule has 1 aromatic carbocycles. The molecule has 0 spiro atoms. The van der Waals surface area contributed by atoms with Crippen molar-refractivity contribution in [2.75, 3.05) is 13.0 Å². The van der Waals surface area contributed by atoms with Crippen LogP contribution in [0.4, 0.5) is 0 Å². The standard InChI is InChI=1S/C15H23BN4O5/c1-10(17)14(22)18-8-13(21)20-12(15(23)19-9-16(24)25)7-11-5-3-2-4-6-11/h2-6,10,12,24-25H,7-9,17H2,1H3,(H,18,22)(H,19,23)(H,20,21)/t10?,12-/m0/s1. The number of nitrogens with two attached hydrogens (primary N) is 1. The molecular weight excluding hydrogens is 327 g/mol. The fraction of sp³-hybridized carbons (Fsp3) is 0.400. The summed E-state index contributed by atoms with van der Waals surface area (Å²) in [6, 6.07) is 7.33. The lowest BCUT2D eigenvalue weighted by molar-refractivity contribution is -0.129. The molecule has 0 radical (unpaired) electrons. The Hall–Kier alpha value is -2.43. The SMILES string of the molecule is CC(N)C(=O)NCC(=O)N[C@@H](Cc1ccccc1)C(=O)NCB(O)O. The molecule has 1 unspecified atom stereocenters. The maximum Gasteiger partial charge on any atom is 0.472 e. The zero-order valence-corrected chi connectivity index (χ0v) is 13.9. The Morgan fingerprint density at radius 2 is 1.76 bits per heavy atom. The van der Waals surface area contributed by atoms with Gasteiger partial charge >= 0.3 is 7.12 Å². The highest BCUT2D eigenvalue weighted by Crippen LogP contribution is 2.03. The number of rotatable bonds is 9. The lowest BCUT2D eigenvalue weighted by Crippen LogP contribution is -2.52. The van der Waals surface area contributed by atoms with E-state index in [9.17, 15) is 14.4 Å². The van der Waals surface area contributed by atoms with E-state index in [1.54, 1.807) is 24.3 Å². The topological polar surface area (TPSA) is 154 Å². The largest absolute Gasteiger partial charge is 0.472 e. The predicted octanol–water partition coefficient (Wildman–Crippen LogP) is -2.69. The van der Waals surface area contributed by atoms with Crippen molar-refractivity contribution in [1.29, 1.82) is 0 Å². The summed E-state index contributed by atoms with van der Waals surface area (Å²) in [6.45, 7) is 1.17. The van der Waals surface area contributed by atoms with Gasteiger partial charge in [0.15, 0.2) is 0 Å². The van der Waals surface area contributed by atoms with Gasteiger partial charge in [0.05, 0.1) is 19.0 Å². The Morgan fingerprint density at radius 1 is 1.12 bits per heavy atom. The Morgan fingerprint density at radius 3 is 2.32 bits per heavy atom. The van der Waals surface area contributed by atoms with Gasteiger partial charge < -0.3 is 31.7 Å². The minimum Gasteiger partial charge on any atom is -0.426 e. The van der Waals surface area contributed by atoms with Gasteiger partial charge in [-0.3, -0.25) is 14.4 Å². The van der Waals surface area contributed by atoms with Crippen LogP contribution >= 0.6 is 0 Å². The number of hydrogen-bond acceptors (Lipinski definition) is 6. The molecule has 0 saturated heterocycles. The Bertz CT molecular complexity index is 583. The van der Waals surface area contributed by atoms with Crippen LogP contribution in [-0.2, 0) is 20.8 Å². The average molecular weight is 350 g/mol. The first-order chi connectivity index (χ1) is 11.8. The van der Waals surface area contributed by atoms with Crippen LogP contribution in [-0.4, -0.2) is 60.0 Å². The molecule has 0 aliphatic heterocycles. The number of nitrogens with one attached hydrogen (secondary N) is 3. The number of carbonyl (C=O) groups is 3. The van der Waals surface area contributed by atoms with Crippen LogP contribution in [0.15, 0.2) is 30.3 Å². The van der Waals surface area contributed by atoms with Gasteiger partial charge in [0, 0.05) is 6.42 Å². The number of hydrogen-bond donors (Lipinski definition) is 6. The molecule has 1 aromatic rings. The summed E-state index contributed by atoms with van der Waals surface area (Å²) in [5, 5.41) is 24.9. The van der Waals surface area contributed by atoms with E-state index in [1.165, 1.54) is 6.92 Å². The second-order valence-corrected chi connectivity index (χ2v) is 5.54. The third-order valence-electron chi connectivity index (χ3n) is 3.23. The lowest BCUT2D eigenvalue weighted by Gasteiger charge is -2.19. The van der Waals surface area contributed by atoms with E-state index in [4.69, 9.17) is 15.8 Å². The van der Waals surface area contributed by atoms with Crippen LogP contribution in [0.5, 0.6) is 0 Å². The Balaban J connectivity index is 2.68. The molecular formula is C15H23BN4O5. The molecule has 10 heteroatoms. The van der Waals surface area contributed by atoms with Gasteiger partial charge in [0.2, 0.25) is 17.7 Å². The summed E-state index contributed by atoms with van der Waals surface area (Å²) in [4.78, 5) is 35.5. The van der Waals surface area contributed by atoms with Crippen LogP contribution in [0, 0.1) is 0 Å². The minimum absolute atomic E-state index is 0.209. The fourth-order valence-corrected chi connectivity index (χ4v) is 1.95. The molecule has 25 heavy (non-hydrogen) atoms. The van der Waals surface area contributed by atoms with Gasteiger partial charge in [0.25, 0.3) is 0 Å². The van der Waals surface area contributed by atoms with Crippen molar-refractivity contribution in [2.24, 2.45) is 5.73 Å². The van der Waals surface area contributed by atoms with Crippen molar-refractivity contribution < 1.29 is 24.4 Å². The number of carbonyl (C=O) groups excluding carboxylic acids is 3. The molecule has 0 aliphatic rings. The van der Waals surface area contributed by atoms with Crippen LogP contribution in [0.3, 0.4) is 0 Å². The Kier molecular flexibility index (Phi) is 8.61. The van der Waals surface area contributed by atoms with Crippen molar-refractivity contribution in [1.82, 2.24) is 16.0 Å². The van der Waals surface area contributed by atoms with E-state index in [2.05, 4.69) is 16.0 Å². The molecule has 0 fully saturated rings. The molecule has 7 N–H and O–H groups in total. The number of amides is 3. The van der Waals surface area contributed by atoms with Crippen molar-refractivity contribution in [3.63, 3.8) is 0 Å². The summed E-state index contributed by atoms with van der Waals surface area (Å²) in [5.74, 6) is -1.61. The lowest BCUT2D eigenvalue weighted by atomic mass is 9.92. The van der Waals surface area contributed by atoms with Crippen LogP contribution in [0.25, 0.3) is 0 Å². The molecule has 0 aliphatic carbocycles. The van der Waals surface area contributed by atoms with Gasteiger partial charge in [-0.25, -0.2) is 0 Å². The zero-order chi connectivity index (χ0) is 18.8. The highest BCUT2D eigenvalue weighted by atomic mass is 16.4. The summed E-state index contributed by atoms with van der Waals surface area (Å²) in [5.41, 5.74) is 6.20. The third-order valence-corrected chi connectivity index (χ3v) is 3.23. The van der Waals surface area contributed by atoms with E-state index in [1.807, 2.05) is 6.07 Å². The van der Waals surface area contributed by atoms with E-state index in [-0.39, 0.29) is 19.4 Å². The average Bonchev–Trinajstić information content (AvgIpc) is 2.57. The van der Waals surface area contributed by atoms with E-state index in [0.29, 0.717) is 0 Å². The van der Waals surface area contributed by atoms with Crippen LogP contribution in [0.1, 0.15) is 12.5 Å². The first kappa shape index (κ1) is 20.6. The fourth-order valence-electron chi connectivity index (χ4n) is 1.95. The minimum atomic E-state index is -1.69. The molecule has 9 nitrogen and oxygen atoms in total. The van der Waals surface area contributed by atoms with Crippen molar-refractivity contribution in [2.45, 2.75) is 25.4 Å². The molecule has 0 heterocycles. The molecule has 0 aromatic heterocycles. The third kappa shape index (κ3) is 8.29. The van der Waals surface area contributed by atoms with Gasteiger partial charge in [-0.05, 0) is 12.5 Å². The second kappa shape index (κ2) is 10.4. The molecule has 3 amide bonds. The van der Waals surface area contributed by atoms with Gasteiger partial charge in [-0.2, -0.15) is 0 Å². The first-order valence-corrected chi connectivity index (χ1v) is 7.80. The Labute approximate surface area is 146 Å². The molecule has 0 bridgehead atoms. The van der Waals surface area contributed by atoms with Gasteiger partial charge in [-0.1, -0.05) is 30.3 Å². The number of benzene rings is 1. The second-order valence-electron chi connectivity index (χ2n) is 5.54. The maximum absolute atomic E-state index is 12.2. The van der Waals surface area contributed by atoms with E-state index >= 15 is 0 Å². The first-order valence-electron chi connectivity index (χ1n) is 7.80. The molecule has 0 saturated carbocycles.